The van der Waals surface area contributed by atoms with Gasteiger partial charge < -0.3 is 9.47 Å². The van der Waals surface area contributed by atoms with Crippen molar-refractivity contribution in [1.82, 2.24) is 4.57 Å². The largest absolute Gasteiger partial charge is 0.310 e. The lowest BCUT2D eigenvalue weighted by Crippen LogP contribution is -2.10. The highest BCUT2D eigenvalue weighted by atomic mass is 15.1. The molecule has 11 rings (SSSR count). The fourth-order valence-electron chi connectivity index (χ4n) is 8.65. The van der Waals surface area contributed by atoms with Crippen LogP contribution in [0.3, 0.4) is 0 Å². The summed E-state index contributed by atoms with van der Waals surface area (Å²) in [6, 6.07) is 83.8. The summed E-state index contributed by atoms with van der Waals surface area (Å²) in [5.41, 5.74) is 14.0. The summed E-state index contributed by atoms with van der Waals surface area (Å²) in [5, 5.41) is 7.45. The fraction of sp³-hybridized carbons (Fsp3) is 0. The summed E-state index contributed by atoms with van der Waals surface area (Å²) in [6.45, 7) is 0. The van der Waals surface area contributed by atoms with Crippen molar-refractivity contribution in [2.24, 2.45) is 0 Å². The standard InChI is InChI=1S/C56H38N2/c1-3-13-39(14-4-1)42-17-11-21-50(36-42)57(52-31-32-54-53-23-9-10-24-55(53)58(56(54)38-52)49-19-5-2-6-20-49)51-22-12-18-43(37-51)44-27-28-48-35-47(30-29-46(48)34-44)45-26-25-40-15-7-8-16-41(40)33-45/h1-38H. The number of benzene rings is 10. The molecule has 10 aromatic carbocycles. The molecular weight excluding hydrogens is 701 g/mol. The minimum atomic E-state index is 1.09. The van der Waals surface area contributed by atoms with Crippen LogP contribution in [0.1, 0.15) is 0 Å². The molecule has 0 saturated carbocycles. The van der Waals surface area contributed by atoms with Crippen molar-refractivity contribution in [1.29, 1.82) is 0 Å². The summed E-state index contributed by atoms with van der Waals surface area (Å²) in [5.74, 6) is 0. The molecule has 0 aliphatic rings. The van der Waals surface area contributed by atoms with Gasteiger partial charge in [-0.3, -0.25) is 0 Å². The van der Waals surface area contributed by atoms with E-state index in [9.17, 15) is 0 Å². The molecule has 272 valence electrons. The molecule has 0 aliphatic heterocycles. The van der Waals surface area contributed by atoms with Crippen molar-refractivity contribution in [3.05, 3.63) is 231 Å². The monoisotopic (exact) mass is 738 g/mol. The number of nitrogens with zero attached hydrogens (tertiary/aromatic N) is 2. The van der Waals surface area contributed by atoms with Crippen LogP contribution < -0.4 is 4.90 Å². The third-order valence-corrected chi connectivity index (χ3v) is 11.5. The van der Waals surface area contributed by atoms with Gasteiger partial charge in [-0.1, -0.05) is 158 Å². The summed E-state index contributed by atoms with van der Waals surface area (Å²) in [4.78, 5) is 2.40. The molecule has 58 heavy (non-hydrogen) atoms. The number of hydrogen-bond acceptors (Lipinski definition) is 1. The first-order chi connectivity index (χ1) is 28.7. The number of para-hydroxylation sites is 2. The van der Waals surface area contributed by atoms with Crippen molar-refractivity contribution in [3.63, 3.8) is 0 Å². The van der Waals surface area contributed by atoms with Crippen LogP contribution in [-0.4, -0.2) is 4.57 Å². The SMILES string of the molecule is c1ccc(-c2cccc(N(c3cccc(-c4ccc5cc(-c6ccc7ccccc7c6)ccc5c4)c3)c3ccc4c5ccccc5n(-c5ccccc5)c4c3)c2)cc1. The Bertz CT molecular complexity index is 3290. The van der Waals surface area contributed by atoms with Crippen LogP contribution in [-0.2, 0) is 0 Å². The van der Waals surface area contributed by atoms with E-state index in [-0.39, 0.29) is 0 Å². The van der Waals surface area contributed by atoms with Gasteiger partial charge in [0.25, 0.3) is 0 Å². The molecule has 11 aromatic rings. The smallest absolute Gasteiger partial charge is 0.0561 e. The molecule has 2 heteroatoms. The number of hydrogen-bond donors (Lipinski definition) is 0. The molecule has 0 saturated heterocycles. The molecule has 0 atom stereocenters. The van der Waals surface area contributed by atoms with Crippen LogP contribution in [0.15, 0.2) is 231 Å². The molecule has 0 bridgehead atoms. The van der Waals surface area contributed by atoms with Crippen LogP contribution in [0.25, 0.3) is 82.4 Å². The van der Waals surface area contributed by atoms with Crippen LogP contribution in [0.4, 0.5) is 17.1 Å². The lowest BCUT2D eigenvalue weighted by atomic mass is 9.96. The van der Waals surface area contributed by atoms with Crippen LogP contribution in [0, 0.1) is 0 Å². The molecule has 0 radical (unpaired) electrons. The minimum Gasteiger partial charge on any atom is -0.310 e. The van der Waals surface area contributed by atoms with Gasteiger partial charge in [-0.2, -0.15) is 0 Å². The Morgan fingerprint density at radius 1 is 0.259 bits per heavy atom. The second-order valence-corrected chi connectivity index (χ2v) is 15.0. The van der Waals surface area contributed by atoms with E-state index in [1.54, 1.807) is 0 Å². The van der Waals surface area contributed by atoms with E-state index in [1.807, 2.05) is 0 Å². The summed E-state index contributed by atoms with van der Waals surface area (Å²) < 4.78 is 2.39. The van der Waals surface area contributed by atoms with Gasteiger partial charge in [-0.05, 0) is 128 Å². The summed E-state index contributed by atoms with van der Waals surface area (Å²) >= 11 is 0. The van der Waals surface area contributed by atoms with Gasteiger partial charge in [-0.25, -0.2) is 0 Å². The molecule has 1 aromatic heterocycles. The maximum atomic E-state index is 2.40. The first kappa shape index (κ1) is 33.6. The predicted octanol–water partition coefficient (Wildman–Crippen LogP) is 15.6. The zero-order chi connectivity index (χ0) is 38.4. The predicted molar refractivity (Wildman–Crippen MR) is 247 cm³/mol. The second kappa shape index (κ2) is 14.1. The highest BCUT2D eigenvalue weighted by Gasteiger charge is 2.19. The zero-order valence-corrected chi connectivity index (χ0v) is 31.8. The number of rotatable bonds is 7. The lowest BCUT2D eigenvalue weighted by molar-refractivity contribution is 1.18. The number of aromatic nitrogens is 1. The van der Waals surface area contributed by atoms with Crippen LogP contribution in [0.2, 0.25) is 0 Å². The first-order valence-corrected chi connectivity index (χ1v) is 19.9. The van der Waals surface area contributed by atoms with E-state index < -0.39 is 0 Å². The highest BCUT2D eigenvalue weighted by molar-refractivity contribution is 6.10. The first-order valence-electron chi connectivity index (χ1n) is 19.9. The molecule has 2 nitrogen and oxygen atoms in total. The molecule has 0 N–H and O–H groups in total. The quantitative estimate of drug-likeness (QED) is 0.158. The zero-order valence-electron chi connectivity index (χ0n) is 31.8. The molecule has 1 heterocycles. The Labute approximate surface area is 338 Å². The number of anilines is 3. The van der Waals surface area contributed by atoms with Gasteiger partial charge in [0, 0.05) is 33.5 Å². The van der Waals surface area contributed by atoms with E-state index in [1.165, 1.54) is 76.7 Å². The van der Waals surface area contributed by atoms with Crippen LogP contribution >= 0.6 is 0 Å². The highest BCUT2D eigenvalue weighted by Crippen LogP contribution is 2.42. The molecule has 0 unspecified atom stereocenters. The van der Waals surface area contributed by atoms with Crippen molar-refractivity contribution >= 4 is 60.4 Å². The van der Waals surface area contributed by atoms with Crippen molar-refractivity contribution in [2.75, 3.05) is 4.90 Å². The Hall–Kier alpha value is -7.68. The minimum absolute atomic E-state index is 1.09. The summed E-state index contributed by atoms with van der Waals surface area (Å²) in [7, 11) is 0. The average molecular weight is 739 g/mol. The summed E-state index contributed by atoms with van der Waals surface area (Å²) in [6.07, 6.45) is 0. The molecule has 0 amide bonds. The van der Waals surface area contributed by atoms with E-state index in [4.69, 9.17) is 0 Å². The normalized spacial score (nSPS) is 11.4. The molecule has 0 spiro atoms. The maximum Gasteiger partial charge on any atom is 0.0561 e. The second-order valence-electron chi connectivity index (χ2n) is 15.0. The Morgan fingerprint density at radius 3 is 1.40 bits per heavy atom. The third kappa shape index (κ3) is 6.00. The third-order valence-electron chi connectivity index (χ3n) is 11.5. The van der Waals surface area contributed by atoms with Gasteiger partial charge in [0.05, 0.1) is 11.0 Å². The average Bonchev–Trinajstić information content (AvgIpc) is 3.63. The Kier molecular flexibility index (Phi) is 8.19. The molecule has 0 fully saturated rings. The molecular formula is C56H38N2. The van der Waals surface area contributed by atoms with Gasteiger partial charge >= 0.3 is 0 Å². The number of fused-ring (bicyclic) bond motifs is 5. The van der Waals surface area contributed by atoms with Gasteiger partial charge in [0.15, 0.2) is 0 Å². The van der Waals surface area contributed by atoms with Crippen LogP contribution in [0.5, 0.6) is 0 Å². The Morgan fingerprint density at radius 2 is 0.724 bits per heavy atom. The topological polar surface area (TPSA) is 8.17 Å². The molecule has 0 aliphatic carbocycles. The van der Waals surface area contributed by atoms with E-state index >= 15 is 0 Å². The van der Waals surface area contributed by atoms with Crippen molar-refractivity contribution < 1.29 is 0 Å². The van der Waals surface area contributed by atoms with Crippen molar-refractivity contribution in [3.8, 4) is 39.1 Å². The van der Waals surface area contributed by atoms with E-state index in [0.717, 1.165) is 22.7 Å². The Balaban J connectivity index is 1.04. The van der Waals surface area contributed by atoms with Gasteiger partial charge in [0.2, 0.25) is 0 Å². The lowest BCUT2D eigenvalue weighted by Gasteiger charge is -2.27. The van der Waals surface area contributed by atoms with Crippen molar-refractivity contribution in [2.45, 2.75) is 0 Å². The fourth-order valence-corrected chi connectivity index (χ4v) is 8.65. The van der Waals surface area contributed by atoms with E-state index in [2.05, 4.69) is 240 Å². The van der Waals surface area contributed by atoms with Gasteiger partial charge in [0.1, 0.15) is 0 Å². The maximum absolute atomic E-state index is 2.40. The van der Waals surface area contributed by atoms with E-state index in [0.29, 0.717) is 0 Å². The van der Waals surface area contributed by atoms with Gasteiger partial charge in [-0.15, -0.1) is 0 Å².